The molecular weight excluding hydrogens is 380 g/mol. The Morgan fingerprint density at radius 1 is 1.30 bits per heavy atom. The van der Waals surface area contributed by atoms with Crippen LogP contribution in [0, 0.1) is 5.92 Å². The van der Waals surface area contributed by atoms with E-state index in [1.807, 2.05) is 0 Å². The van der Waals surface area contributed by atoms with Gasteiger partial charge in [-0.15, -0.1) is 5.10 Å². The fourth-order valence-corrected chi connectivity index (χ4v) is 4.04. The molecular formula is C22H32N6O2. The number of hydrogen-bond donors (Lipinski definition) is 1. The van der Waals surface area contributed by atoms with Crippen LogP contribution in [0.3, 0.4) is 0 Å². The highest BCUT2D eigenvalue weighted by molar-refractivity contribution is 5.80. The lowest BCUT2D eigenvalue weighted by Crippen LogP contribution is -2.48. The second-order valence-corrected chi connectivity index (χ2v) is 7.57. The summed E-state index contributed by atoms with van der Waals surface area (Å²) < 4.78 is 6.14. The van der Waals surface area contributed by atoms with Crippen LogP contribution in [0.25, 0.3) is 0 Å². The van der Waals surface area contributed by atoms with E-state index in [1.165, 1.54) is 17.4 Å². The van der Waals surface area contributed by atoms with E-state index in [1.54, 1.807) is 6.20 Å². The number of piperidine rings is 1. The van der Waals surface area contributed by atoms with Crippen LogP contribution < -0.4 is 5.32 Å². The Morgan fingerprint density at radius 3 is 2.80 bits per heavy atom. The number of methoxy groups -OCH3 is 1. The van der Waals surface area contributed by atoms with Crippen molar-refractivity contribution in [3.05, 3.63) is 47.8 Å². The lowest BCUT2D eigenvalue weighted by Gasteiger charge is -2.40. The first kappa shape index (κ1) is 21.8. The quantitative estimate of drug-likeness (QED) is 0.427. The van der Waals surface area contributed by atoms with Crippen molar-refractivity contribution in [2.45, 2.75) is 45.7 Å². The Kier molecular flexibility index (Phi) is 7.82. The molecule has 8 nitrogen and oxygen atoms in total. The molecule has 0 aliphatic carbocycles. The second kappa shape index (κ2) is 10.8. The van der Waals surface area contributed by atoms with Gasteiger partial charge in [0.25, 0.3) is 0 Å². The second-order valence-electron chi connectivity index (χ2n) is 7.57. The number of rotatable bonds is 7. The molecule has 1 saturated heterocycles. The molecule has 0 bridgehead atoms. The van der Waals surface area contributed by atoms with Gasteiger partial charge in [0, 0.05) is 19.6 Å². The molecule has 1 N–H and O–H groups in total. The highest BCUT2D eigenvalue weighted by atomic mass is 16.5. The Hall–Kier alpha value is -2.90. The molecule has 3 rings (SSSR count). The number of hydrogen-bond acceptors (Lipinski definition) is 5. The van der Waals surface area contributed by atoms with Crippen molar-refractivity contribution in [2.75, 3.05) is 26.7 Å². The number of ether oxygens (including phenoxy) is 1. The van der Waals surface area contributed by atoms with Crippen molar-refractivity contribution < 1.29 is 9.53 Å². The molecule has 2 atom stereocenters. The summed E-state index contributed by atoms with van der Waals surface area (Å²) in [5.74, 6) is 1.74. The topological polar surface area (TPSA) is 84.6 Å². The third-order valence-corrected chi connectivity index (χ3v) is 5.62. The molecule has 0 saturated carbocycles. The fraction of sp³-hybridized carbons (Fsp3) is 0.545. The minimum absolute atomic E-state index is 0.0540. The Bertz CT molecular complexity index is 835. The zero-order valence-corrected chi connectivity index (χ0v) is 18.1. The highest BCUT2D eigenvalue weighted by Crippen LogP contribution is 2.34. The van der Waals surface area contributed by atoms with Crippen LogP contribution in [0.1, 0.15) is 43.9 Å². The van der Waals surface area contributed by atoms with Crippen LogP contribution in [0.15, 0.2) is 41.5 Å². The lowest BCUT2D eigenvalue weighted by molar-refractivity contribution is -0.141. The lowest BCUT2D eigenvalue weighted by atomic mass is 9.79. The number of nitrogens with zero attached hydrogens (tertiary/aromatic N) is 5. The maximum atomic E-state index is 11.4. The molecule has 2 unspecified atom stereocenters. The van der Waals surface area contributed by atoms with E-state index in [2.05, 4.69) is 69.4 Å². The van der Waals surface area contributed by atoms with Crippen molar-refractivity contribution in [2.24, 2.45) is 10.9 Å². The molecule has 0 radical (unpaired) electrons. The standard InChI is InChI=1S/C22H32N6O2/c1-4-17-14-27(12-11-20(17)18-9-7-6-8-10-18)22(23-5-2)24-13-19-15-28(26-25-19)16-21(29)30-3/h6-10,15,17,20H,4-5,11-14,16H2,1-3H3,(H,23,24). The molecule has 0 amide bonds. The van der Waals surface area contributed by atoms with E-state index in [4.69, 9.17) is 4.99 Å². The van der Waals surface area contributed by atoms with Crippen LogP contribution in [-0.2, 0) is 22.6 Å². The maximum absolute atomic E-state index is 11.4. The van der Waals surface area contributed by atoms with Gasteiger partial charge in [-0.05, 0) is 30.7 Å². The molecule has 2 heterocycles. The van der Waals surface area contributed by atoms with Crippen molar-refractivity contribution >= 4 is 11.9 Å². The summed E-state index contributed by atoms with van der Waals surface area (Å²) >= 11 is 0. The van der Waals surface area contributed by atoms with E-state index in [0.717, 1.165) is 44.1 Å². The predicted molar refractivity (Wildman–Crippen MR) is 116 cm³/mol. The van der Waals surface area contributed by atoms with Crippen LogP contribution in [-0.4, -0.2) is 58.6 Å². The molecule has 8 heteroatoms. The summed E-state index contributed by atoms with van der Waals surface area (Å²) in [6, 6.07) is 10.8. The van der Waals surface area contributed by atoms with Crippen molar-refractivity contribution in [3.8, 4) is 0 Å². The minimum atomic E-state index is -0.352. The van der Waals surface area contributed by atoms with Gasteiger partial charge in [0.1, 0.15) is 12.2 Å². The number of guanidine groups is 1. The smallest absolute Gasteiger partial charge is 0.327 e. The third-order valence-electron chi connectivity index (χ3n) is 5.62. The van der Waals surface area contributed by atoms with E-state index >= 15 is 0 Å². The molecule has 162 valence electrons. The van der Waals surface area contributed by atoms with Gasteiger partial charge in [-0.2, -0.15) is 0 Å². The fourth-order valence-electron chi connectivity index (χ4n) is 4.04. The molecule has 1 aromatic heterocycles. The average Bonchev–Trinajstić information content (AvgIpc) is 3.23. The van der Waals surface area contributed by atoms with Crippen molar-refractivity contribution in [3.63, 3.8) is 0 Å². The summed E-state index contributed by atoms with van der Waals surface area (Å²) in [5, 5.41) is 11.5. The van der Waals surface area contributed by atoms with Gasteiger partial charge in [0.05, 0.1) is 19.9 Å². The monoisotopic (exact) mass is 412 g/mol. The number of likely N-dealkylation sites (tertiary alicyclic amines) is 1. The van der Waals surface area contributed by atoms with Crippen molar-refractivity contribution in [1.82, 2.24) is 25.2 Å². The summed E-state index contributed by atoms with van der Waals surface area (Å²) in [4.78, 5) is 18.5. The van der Waals surface area contributed by atoms with Gasteiger partial charge in [-0.3, -0.25) is 4.79 Å². The first-order chi connectivity index (χ1) is 14.6. The highest BCUT2D eigenvalue weighted by Gasteiger charge is 2.30. The van der Waals surface area contributed by atoms with Gasteiger partial charge >= 0.3 is 5.97 Å². The van der Waals surface area contributed by atoms with Crippen LogP contribution in [0.4, 0.5) is 0 Å². The van der Waals surface area contributed by atoms with Gasteiger partial charge in [-0.25, -0.2) is 9.67 Å². The number of carbonyl (C=O) groups excluding carboxylic acids is 1. The number of carbonyl (C=O) groups is 1. The number of benzene rings is 1. The van der Waals surface area contributed by atoms with Gasteiger partial charge in [0.15, 0.2) is 5.96 Å². The first-order valence-electron chi connectivity index (χ1n) is 10.7. The van der Waals surface area contributed by atoms with E-state index < -0.39 is 0 Å². The SMILES string of the molecule is CCNC(=NCc1cn(CC(=O)OC)nn1)N1CCC(c2ccccc2)C(CC)C1. The number of aliphatic imine (C=N–C) groups is 1. The summed E-state index contributed by atoms with van der Waals surface area (Å²) in [6.45, 7) is 7.58. The predicted octanol–water partition coefficient (Wildman–Crippen LogP) is 2.43. The van der Waals surface area contributed by atoms with Gasteiger partial charge in [-0.1, -0.05) is 48.9 Å². The average molecular weight is 413 g/mol. The largest absolute Gasteiger partial charge is 0.468 e. The van der Waals surface area contributed by atoms with Gasteiger partial charge in [0.2, 0.25) is 0 Å². The molecule has 30 heavy (non-hydrogen) atoms. The normalized spacial score (nSPS) is 19.6. The summed E-state index contributed by atoms with van der Waals surface area (Å²) in [5.41, 5.74) is 2.16. The summed E-state index contributed by atoms with van der Waals surface area (Å²) in [7, 11) is 1.36. The Labute approximate surface area is 178 Å². The van der Waals surface area contributed by atoms with Crippen LogP contribution in [0.5, 0.6) is 0 Å². The zero-order valence-electron chi connectivity index (χ0n) is 18.1. The number of esters is 1. The molecule has 1 fully saturated rings. The zero-order chi connectivity index (χ0) is 21.3. The molecule has 1 aliphatic heterocycles. The number of aromatic nitrogens is 3. The Balaban J connectivity index is 1.66. The molecule has 2 aromatic rings. The molecule has 1 aromatic carbocycles. The number of nitrogens with one attached hydrogen (secondary N) is 1. The van der Waals surface area contributed by atoms with Crippen LogP contribution in [0.2, 0.25) is 0 Å². The first-order valence-corrected chi connectivity index (χ1v) is 10.7. The van der Waals surface area contributed by atoms with Crippen molar-refractivity contribution in [1.29, 1.82) is 0 Å². The maximum Gasteiger partial charge on any atom is 0.327 e. The van der Waals surface area contributed by atoms with Crippen LogP contribution >= 0.6 is 0 Å². The van der Waals surface area contributed by atoms with E-state index in [-0.39, 0.29) is 12.5 Å². The minimum Gasteiger partial charge on any atom is -0.468 e. The van der Waals surface area contributed by atoms with E-state index in [0.29, 0.717) is 18.4 Å². The third kappa shape index (κ3) is 5.58. The molecule has 1 aliphatic rings. The summed E-state index contributed by atoms with van der Waals surface area (Å²) in [6.07, 6.45) is 3.99. The Morgan fingerprint density at radius 2 is 2.10 bits per heavy atom. The van der Waals surface area contributed by atoms with E-state index in [9.17, 15) is 4.79 Å². The molecule has 0 spiro atoms. The van der Waals surface area contributed by atoms with Gasteiger partial charge < -0.3 is 15.0 Å².